The zero-order valence-electron chi connectivity index (χ0n) is 12.8. The molecule has 7 nitrogen and oxygen atoms in total. The molecule has 0 bridgehead atoms. The van der Waals surface area contributed by atoms with Gasteiger partial charge in [0, 0.05) is 13.1 Å². The summed E-state index contributed by atoms with van der Waals surface area (Å²) in [6.45, 7) is 8.73. The monoisotopic (exact) mass is 290 g/mol. The summed E-state index contributed by atoms with van der Waals surface area (Å²) in [7, 11) is 0. The number of H-pyrrole nitrogens is 1. The number of fused-ring (bicyclic) bond motifs is 1. The third-order valence-electron chi connectivity index (χ3n) is 3.68. The van der Waals surface area contributed by atoms with E-state index in [1.807, 2.05) is 0 Å². The van der Waals surface area contributed by atoms with Crippen molar-refractivity contribution in [1.82, 2.24) is 19.9 Å². The Kier molecular flexibility index (Phi) is 3.92. The van der Waals surface area contributed by atoms with Gasteiger partial charge in [-0.05, 0) is 20.3 Å². The highest BCUT2D eigenvalue weighted by atomic mass is 16.5. The Morgan fingerprint density at radius 1 is 1.43 bits per heavy atom. The predicted octanol–water partition coefficient (Wildman–Crippen LogP) is 1.79. The van der Waals surface area contributed by atoms with Crippen molar-refractivity contribution >= 4 is 22.9 Å². The summed E-state index contributed by atoms with van der Waals surface area (Å²) in [6.07, 6.45) is 2.89. The number of hydrogen-bond donors (Lipinski definition) is 2. The molecule has 2 N–H and O–H groups in total. The second kappa shape index (κ2) is 5.85. The molecule has 2 unspecified atom stereocenters. The summed E-state index contributed by atoms with van der Waals surface area (Å²) in [5.74, 6) is 1.54. The Hall–Kier alpha value is -1.89. The van der Waals surface area contributed by atoms with Gasteiger partial charge in [0.15, 0.2) is 11.5 Å². The number of imidazole rings is 1. The molecule has 0 aromatic carbocycles. The van der Waals surface area contributed by atoms with Crippen molar-refractivity contribution < 1.29 is 4.74 Å². The fourth-order valence-corrected chi connectivity index (χ4v) is 2.54. The van der Waals surface area contributed by atoms with Crippen LogP contribution in [0.5, 0.6) is 0 Å². The van der Waals surface area contributed by atoms with Gasteiger partial charge < -0.3 is 19.9 Å². The Morgan fingerprint density at radius 3 is 3.10 bits per heavy atom. The van der Waals surface area contributed by atoms with E-state index in [2.05, 4.69) is 45.9 Å². The molecule has 1 saturated heterocycles. The van der Waals surface area contributed by atoms with Crippen LogP contribution in [0.25, 0.3) is 11.2 Å². The van der Waals surface area contributed by atoms with Crippen LogP contribution in [0.1, 0.15) is 27.2 Å². The highest BCUT2D eigenvalue weighted by molar-refractivity contribution is 5.84. The predicted molar refractivity (Wildman–Crippen MR) is 82.7 cm³/mol. The van der Waals surface area contributed by atoms with E-state index in [-0.39, 0.29) is 12.1 Å². The van der Waals surface area contributed by atoms with Crippen LogP contribution in [0.3, 0.4) is 0 Å². The second-order valence-electron chi connectivity index (χ2n) is 5.54. The first-order chi connectivity index (χ1) is 10.2. The second-order valence-corrected chi connectivity index (χ2v) is 5.54. The number of aromatic amines is 1. The summed E-state index contributed by atoms with van der Waals surface area (Å²) in [5, 5.41) is 3.25. The largest absolute Gasteiger partial charge is 0.375 e. The normalized spacial score (nSPS) is 22.7. The first-order valence-electron chi connectivity index (χ1n) is 7.52. The van der Waals surface area contributed by atoms with Crippen LogP contribution >= 0.6 is 0 Å². The Morgan fingerprint density at radius 2 is 2.29 bits per heavy atom. The minimum atomic E-state index is 0.196. The molecule has 2 aromatic heterocycles. The number of hydrogen-bond acceptors (Lipinski definition) is 6. The molecule has 1 aliphatic heterocycles. The molecule has 1 aliphatic rings. The van der Waals surface area contributed by atoms with Gasteiger partial charge in [0.1, 0.15) is 5.52 Å². The maximum atomic E-state index is 5.70. The number of ether oxygens (including phenoxy) is 1. The van der Waals surface area contributed by atoms with E-state index in [1.165, 1.54) is 0 Å². The summed E-state index contributed by atoms with van der Waals surface area (Å²) in [5.41, 5.74) is 1.59. The lowest BCUT2D eigenvalue weighted by molar-refractivity contribution is 0.0341. The van der Waals surface area contributed by atoms with E-state index in [0.717, 1.165) is 30.8 Å². The van der Waals surface area contributed by atoms with Crippen molar-refractivity contribution in [2.24, 2.45) is 0 Å². The molecule has 0 amide bonds. The number of morpholine rings is 1. The number of nitrogens with one attached hydrogen (secondary N) is 2. The fourth-order valence-electron chi connectivity index (χ4n) is 2.54. The van der Waals surface area contributed by atoms with E-state index in [9.17, 15) is 0 Å². The lowest BCUT2D eigenvalue weighted by atomic mass is 10.2. The van der Waals surface area contributed by atoms with Gasteiger partial charge in [-0.1, -0.05) is 6.92 Å². The van der Waals surface area contributed by atoms with Crippen LogP contribution in [-0.4, -0.2) is 51.8 Å². The Balaban J connectivity index is 2.00. The van der Waals surface area contributed by atoms with E-state index in [4.69, 9.17) is 9.72 Å². The minimum absolute atomic E-state index is 0.196. The average molecular weight is 290 g/mol. The zero-order chi connectivity index (χ0) is 14.8. The fraction of sp³-hybridized carbons (Fsp3) is 0.643. The van der Waals surface area contributed by atoms with E-state index in [1.54, 1.807) is 6.33 Å². The van der Waals surface area contributed by atoms with Crippen molar-refractivity contribution in [3.05, 3.63) is 6.33 Å². The van der Waals surface area contributed by atoms with E-state index >= 15 is 0 Å². The molecule has 0 aliphatic carbocycles. The highest BCUT2D eigenvalue weighted by Crippen LogP contribution is 2.26. The summed E-state index contributed by atoms with van der Waals surface area (Å²) in [4.78, 5) is 18.9. The van der Waals surface area contributed by atoms with Crippen LogP contribution in [0, 0.1) is 0 Å². The van der Waals surface area contributed by atoms with Gasteiger partial charge in [0.25, 0.3) is 0 Å². The van der Waals surface area contributed by atoms with Gasteiger partial charge in [-0.2, -0.15) is 9.97 Å². The van der Waals surface area contributed by atoms with E-state index in [0.29, 0.717) is 18.2 Å². The molecule has 0 spiro atoms. The molecular weight excluding hydrogens is 268 g/mol. The van der Waals surface area contributed by atoms with Gasteiger partial charge in [0.2, 0.25) is 5.95 Å². The molecule has 0 radical (unpaired) electrons. The number of aromatic nitrogens is 4. The van der Waals surface area contributed by atoms with Gasteiger partial charge in [0.05, 0.1) is 25.1 Å². The van der Waals surface area contributed by atoms with Crippen molar-refractivity contribution in [1.29, 1.82) is 0 Å². The van der Waals surface area contributed by atoms with Crippen molar-refractivity contribution in [3.8, 4) is 0 Å². The molecule has 2 aromatic rings. The van der Waals surface area contributed by atoms with Crippen LogP contribution in [0.15, 0.2) is 6.33 Å². The summed E-state index contributed by atoms with van der Waals surface area (Å²) < 4.78 is 5.70. The minimum Gasteiger partial charge on any atom is -0.375 e. The number of nitrogens with zero attached hydrogens (tertiary/aromatic N) is 4. The smallest absolute Gasteiger partial charge is 0.226 e. The standard InChI is InChI=1S/C14H22N6O/c1-4-5-15-14-18-12-11(16-8-17-12)13(19-14)20-6-10(3)21-7-9(20)2/h8-10H,4-7H2,1-3H3,(H2,15,16,17,18,19). The molecule has 7 heteroatoms. The van der Waals surface area contributed by atoms with Crippen LogP contribution in [-0.2, 0) is 4.74 Å². The average Bonchev–Trinajstić information content (AvgIpc) is 2.95. The SMILES string of the molecule is CCCNc1nc(N2CC(C)OCC2C)c2[nH]cnc2n1. The lowest BCUT2D eigenvalue weighted by Crippen LogP contribution is -2.48. The summed E-state index contributed by atoms with van der Waals surface area (Å²) in [6, 6.07) is 0.279. The van der Waals surface area contributed by atoms with Gasteiger partial charge in [-0.3, -0.25) is 0 Å². The molecule has 2 atom stereocenters. The maximum absolute atomic E-state index is 5.70. The van der Waals surface area contributed by atoms with Gasteiger partial charge >= 0.3 is 0 Å². The van der Waals surface area contributed by atoms with Crippen molar-refractivity contribution in [3.63, 3.8) is 0 Å². The number of anilines is 2. The molecule has 3 rings (SSSR count). The molecule has 3 heterocycles. The first-order valence-corrected chi connectivity index (χ1v) is 7.52. The quantitative estimate of drug-likeness (QED) is 0.893. The number of rotatable bonds is 4. The Bertz CT molecular complexity index is 613. The molecule has 21 heavy (non-hydrogen) atoms. The van der Waals surface area contributed by atoms with Crippen molar-refractivity contribution in [2.45, 2.75) is 39.3 Å². The maximum Gasteiger partial charge on any atom is 0.226 e. The third-order valence-corrected chi connectivity index (χ3v) is 3.68. The van der Waals surface area contributed by atoms with E-state index < -0.39 is 0 Å². The first kappa shape index (κ1) is 14.1. The Labute approximate surface area is 124 Å². The summed E-state index contributed by atoms with van der Waals surface area (Å²) >= 11 is 0. The molecule has 114 valence electrons. The van der Waals surface area contributed by atoms with Crippen LogP contribution in [0.2, 0.25) is 0 Å². The van der Waals surface area contributed by atoms with Gasteiger partial charge in [-0.25, -0.2) is 4.98 Å². The van der Waals surface area contributed by atoms with Gasteiger partial charge in [-0.15, -0.1) is 0 Å². The van der Waals surface area contributed by atoms with Crippen LogP contribution < -0.4 is 10.2 Å². The molecular formula is C14H22N6O. The van der Waals surface area contributed by atoms with Crippen molar-refractivity contribution in [2.75, 3.05) is 29.9 Å². The third kappa shape index (κ3) is 2.78. The lowest BCUT2D eigenvalue weighted by Gasteiger charge is -2.37. The zero-order valence-corrected chi connectivity index (χ0v) is 12.8. The topological polar surface area (TPSA) is 79.0 Å². The highest BCUT2D eigenvalue weighted by Gasteiger charge is 2.27. The molecule has 0 saturated carbocycles. The molecule has 1 fully saturated rings. The van der Waals surface area contributed by atoms with Crippen LogP contribution in [0.4, 0.5) is 11.8 Å².